The summed E-state index contributed by atoms with van der Waals surface area (Å²) in [5, 5.41) is 9.12. The summed E-state index contributed by atoms with van der Waals surface area (Å²) in [6.07, 6.45) is 3.56. The summed E-state index contributed by atoms with van der Waals surface area (Å²) in [5.41, 5.74) is 4.72. The Hall–Kier alpha value is -4.04. The SMILES string of the molecule is CC(C=Cc1ccccc1)=NNC(=O)C(=O)Nc1ccccc1C(=O)Nc1ccc(Br)cc1. The van der Waals surface area contributed by atoms with Gasteiger partial charge in [-0.3, -0.25) is 14.4 Å². The number of rotatable bonds is 6. The van der Waals surface area contributed by atoms with Crippen LogP contribution in [-0.2, 0) is 9.59 Å². The van der Waals surface area contributed by atoms with Crippen LogP contribution in [0.15, 0.2) is 94.5 Å². The standard InChI is InChI=1S/C25H21BrN4O3/c1-17(11-12-18-7-3-2-4-8-18)29-30-25(33)24(32)28-22-10-6-5-9-21(22)23(31)27-20-15-13-19(26)14-16-20/h2-16H,1H3,(H,27,31)(H,28,32)(H,30,33). The molecule has 0 bridgehead atoms. The van der Waals surface area contributed by atoms with E-state index in [2.05, 4.69) is 37.1 Å². The Morgan fingerprint density at radius 3 is 2.21 bits per heavy atom. The first-order valence-electron chi connectivity index (χ1n) is 9.97. The van der Waals surface area contributed by atoms with E-state index in [1.807, 2.05) is 36.4 Å². The minimum Gasteiger partial charge on any atom is -0.322 e. The molecule has 0 aromatic heterocycles. The number of amides is 3. The predicted molar refractivity (Wildman–Crippen MR) is 134 cm³/mol. The van der Waals surface area contributed by atoms with Crippen molar-refractivity contribution in [3.05, 3.63) is 101 Å². The number of hydrazone groups is 1. The molecule has 0 saturated carbocycles. The quantitative estimate of drug-likeness (QED) is 0.254. The van der Waals surface area contributed by atoms with E-state index in [1.54, 1.807) is 61.5 Å². The summed E-state index contributed by atoms with van der Waals surface area (Å²) in [4.78, 5) is 37.2. The van der Waals surface area contributed by atoms with Gasteiger partial charge in [0.2, 0.25) is 0 Å². The fourth-order valence-electron chi connectivity index (χ4n) is 2.71. The molecule has 3 rings (SSSR count). The minimum absolute atomic E-state index is 0.205. The Morgan fingerprint density at radius 2 is 1.48 bits per heavy atom. The second-order valence-electron chi connectivity index (χ2n) is 6.90. The van der Waals surface area contributed by atoms with Crippen molar-refractivity contribution in [1.82, 2.24) is 5.43 Å². The maximum atomic E-state index is 12.7. The van der Waals surface area contributed by atoms with Gasteiger partial charge in [-0.25, -0.2) is 5.43 Å². The van der Waals surface area contributed by atoms with Crippen LogP contribution >= 0.6 is 15.9 Å². The molecule has 0 saturated heterocycles. The Morgan fingerprint density at radius 1 is 0.818 bits per heavy atom. The predicted octanol–water partition coefficient (Wildman–Crippen LogP) is 4.85. The zero-order valence-electron chi connectivity index (χ0n) is 17.7. The average molecular weight is 505 g/mol. The third-order valence-corrected chi connectivity index (χ3v) is 4.91. The zero-order valence-corrected chi connectivity index (χ0v) is 19.3. The minimum atomic E-state index is -0.953. The molecule has 0 aliphatic heterocycles. The lowest BCUT2D eigenvalue weighted by Gasteiger charge is -2.11. The van der Waals surface area contributed by atoms with Gasteiger partial charge in [0.1, 0.15) is 0 Å². The third-order valence-electron chi connectivity index (χ3n) is 4.38. The zero-order chi connectivity index (χ0) is 23.6. The lowest BCUT2D eigenvalue weighted by molar-refractivity contribution is -0.136. The Kier molecular flexibility index (Phi) is 8.26. The van der Waals surface area contributed by atoms with E-state index in [1.165, 1.54) is 0 Å². The highest BCUT2D eigenvalue weighted by Gasteiger charge is 2.17. The number of halogens is 1. The first kappa shape index (κ1) is 23.6. The number of benzene rings is 3. The van der Waals surface area contributed by atoms with Crippen LogP contribution in [-0.4, -0.2) is 23.4 Å². The van der Waals surface area contributed by atoms with Gasteiger partial charge in [-0.05, 0) is 55.0 Å². The van der Waals surface area contributed by atoms with Crippen molar-refractivity contribution in [2.75, 3.05) is 10.6 Å². The molecule has 3 aromatic rings. The summed E-state index contributed by atoms with van der Waals surface area (Å²) in [5.74, 6) is -2.32. The molecule has 0 spiro atoms. The van der Waals surface area contributed by atoms with Crippen molar-refractivity contribution in [2.45, 2.75) is 6.92 Å². The summed E-state index contributed by atoms with van der Waals surface area (Å²) in [6, 6.07) is 23.1. The fourth-order valence-corrected chi connectivity index (χ4v) is 2.97. The van der Waals surface area contributed by atoms with Crippen molar-refractivity contribution in [3.63, 3.8) is 0 Å². The highest BCUT2D eigenvalue weighted by Crippen LogP contribution is 2.19. The number of hydrogen-bond donors (Lipinski definition) is 3. The van der Waals surface area contributed by atoms with Crippen LogP contribution in [0.25, 0.3) is 6.08 Å². The molecule has 33 heavy (non-hydrogen) atoms. The van der Waals surface area contributed by atoms with Crippen molar-refractivity contribution in [3.8, 4) is 0 Å². The molecule has 0 unspecified atom stereocenters. The van der Waals surface area contributed by atoms with E-state index < -0.39 is 17.7 Å². The van der Waals surface area contributed by atoms with Crippen molar-refractivity contribution < 1.29 is 14.4 Å². The van der Waals surface area contributed by atoms with E-state index in [-0.39, 0.29) is 11.3 Å². The molecule has 8 heteroatoms. The number of carbonyl (C=O) groups is 3. The van der Waals surface area contributed by atoms with Gasteiger partial charge in [0.25, 0.3) is 5.91 Å². The van der Waals surface area contributed by atoms with Crippen LogP contribution in [0.4, 0.5) is 11.4 Å². The van der Waals surface area contributed by atoms with E-state index >= 15 is 0 Å². The van der Waals surface area contributed by atoms with Crippen molar-refractivity contribution >= 4 is 56.8 Å². The van der Waals surface area contributed by atoms with Gasteiger partial charge in [0.05, 0.1) is 17.0 Å². The van der Waals surface area contributed by atoms with Crippen LogP contribution in [0.3, 0.4) is 0 Å². The number of hydrogen-bond acceptors (Lipinski definition) is 4. The Bertz CT molecular complexity index is 1210. The molecule has 0 radical (unpaired) electrons. The maximum Gasteiger partial charge on any atom is 0.329 e. The molecule has 0 aliphatic carbocycles. The van der Waals surface area contributed by atoms with Gasteiger partial charge >= 0.3 is 11.8 Å². The molecule has 3 N–H and O–H groups in total. The highest BCUT2D eigenvalue weighted by molar-refractivity contribution is 9.10. The first-order valence-corrected chi connectivity index (χ1v) is 10.8. The number of anilines is 2. The summed E-state index contributed by atoms with van der Waals surface area (Å²) in [7, 11) is 0. The first-order chi connectivity index (χ1) is 15.9. The molecular weight excluding hydrogens is 484 g/mol. The lowest BCUT2D eigenvalue weighted by atomic mass is 10.1. The lowest BCUT2D eigenvalue weighted by Crippen LogP contribution is -2.33. The monoisotopic (exact) mass is 504 g/mol. The summed E-state index contributed by atoms with van der Waals surface area (Å²) in [6.45, 7) is 1.69. The van der Waals surface area contributed by atoms with Crippen LogP contribution in [0, 0.1) is 0 Å². The molecule has 0 aliphatic rings. The molecule has 7 nitrogen and oxygen atoms in total. The van der Waals surface area contributed by atoms with Crippen molar-refractivity contribution in [2.24, 2.45) is 5.10 Å². The third kappa shape index (κ3) is 7.26. The second-order valence-corrected chi connectivity index (χ2v) is 7.81. The van der Waals surface area contributed by atoms with Crippen LogP contribution in [0.5, 0.6) is 0 Å². The second kappa shape index (κ2) is 11.5. The number of para-hydroxylation sites is 1. The largest absolute Gasteiger partial charge is 0.329 e. The van der Waals surface area contributed by atoms with Gasteiger partial charge in [0, 0.05) is 10.2 Å². The molecule has 166 valence electrons. The smallest absolute Gasteiger partial charge is 0.322 e. The Labute approximate surface area is 199 Å². The number of nitrogens with zero attached hydrogens (tertiary/aromatic N) is 1. The van der Waals surface area contributed by atoms with Gasteiger partial charge < -0.3 is 10.6 Å². The van der Waals surface area contributed by atoms with Crippen molar-refractivity contribution in [1.29, 1.82) is 0 Å². The number of carbonyl (C=O) groups excluding carboxylic acids is 3. The summed E-state index contributed by atoms with van der Waals surface area (Å²) < 4.78 is 0.882. The normalized spacial score (nSPS) is 11.2. The Balaban J connectivity index is 1.61. The van der Waals surface area contributed by atoms with Crippen LogP contribution < -0.4 is 16.1 Å². The fraction of sp³-hybridized carbons (Fsp3) is 0.0400. The van der Waals surface area contributed by atoms with Gasteiger partial charge in [-0.15, -0.1) is 0 Å². The van der Waals surface area contributed by atoms with Gasteiger partial charge in [-0.2, -0.15) is 5.10 Å². The molecule has 0 atom stereocenters. The molecular formula is C25H21BrN4O3. The maximum absolute atomic E-state index is 12.7. The van der Waals surface area contributed by atoms with E-state index in [0.717, 1.165) is 10.0 Å². The summed E-state index contributed by atoms with van der Waals surface area (Å²) >= 11 is 3.34. The van der Waals surface area contributed by atoms with E-state index in [9.17, 15) is 14.4 Å². The average Bonchev–Trinajstić information content (AvgIpc) is 2.83. The van der Waals surface area contributed by atoms with E-state index in [4.69, 9.17) is 0 Å². The van der Waals surface area contributed by atoms with Crippen LogP contribution in [0.1, 0.15) is 22.8 Å². The van der Waals surface area contributed by atoms with Gasteiger partial charge in [-0.1, -0.05) is 64.5 Å². The molecule has 0 fully saturated rings. The van der Waals surface area contributed by atoms with Gasteiger partial charge in [0.15, 0.2) is 0 Å². The molecule has 3 aromatic carbocycles. The topological polar surface area (TPSA) is 99.7 Å². The number of allylic oxidation sites excluding steroid dienone is 1. The molecule has 3 amide bonds. The number of nitrogens with one attached hydrogen (secondary N) is 3. The van der Waals surface area contributed by atoms with E-state index in [0.29, 0.717) is 11.4 Å². The highest BCUT2D eigenvalue weighted by atomic mass is 79.9. The van der Waals surface area contributed by atoms with Crippen LogP contribution in [0.2, 0.25) is 0 Å². The molecule has 0 heterocycles.